The fraction of sp³-hybridized carbons (Fsp3) is 0.579. The van der Waals surface area contributed by atoms with E-state index >= 15 is 0 Å². The van der Waals surface area contributed by atoms with Gasteiger partial charge in [0.15, 0.2) is 0 Å². The molecule has 31 heavy (non-hydrogen) atoms. The summed E-state index contributed by atoms with van der Waals surface area (Å²) in [5.74, 6) is -0.620. The summed E-state index contributed by atoms with van der Waals surface area (Å²) in [6.07, 6.45) is -4.21. The van der Waals surface area contributed by atoms with Gasteiger partial charge in [0.2, 0.25) is 15.9 Å². The lowest BCUT2D eigenvalue weighted by atomic mass is 9.96. The topological polar surface area (TPSA) is 105 Å². The maximum atomic E-state index is 12.5. The second-order valence-corrected chi connectivity index (χ2v) is 9.96. The first-order chi connectivity index (χ1) is 14.2. The first kappa shape index (κ1) is 24.9. The normalized spacial score (nSPS) is 16.1. The summed E-state index contributed by atoms with van der Waals surface area (Å²) in [7, 11) is -4.32. The third kappa shape index (κ3) is 8.02. The van der Waals surface area contributed by atoms with Crippen LogP contribution in [0.2, 0.25) is 0 Å². The number of sulfonamides is 1. The minimum absolute atomic E-state index is 0.283. The molecule has 2 rings (SSSR count). The van der Waals surface area contributed by atoms with E-state index in [9.17, 15) is 31.2 Å². The Morgan fingerprint density at radius 1 is 1.10 bits per heavy atom. The second kappa shape index (κ2) is 9.43. The van der Waals surface area contributed by atoms with Crippen molar-refractivity contribution >= 4 is 27.7 Å². The fourth-order valence-corrected chi connectivity index (χ4v) is 3.89. The van der Waals surface area contributed by atoms with Crippen molar-refractivity contribution in [3.8, 4) is 0 Å². The van der Waals surface area contributed by atoms with Crippen molar-refractivity contribution in [1.82, 2.24) is 9.62 Å². The number of hydrogen-bond acceptors (Lipinski definition) is 5. The predicted octanol–water partition coefficient (Wildman–Crippen LogP) is 3.11. The smallest absolute Gasteiger partial charge is 0.410 e. The molecule has 174 valence electrons. The molecule has 0 spiro atoms. The number of hydrogen-bond donors (Lipinski definition) is 2. The molecule has 2 amide bonds. The molecule has 1 fully saturated rings. The van der Waals surface area contributed by atoms with Gasteiger partial charge in [-0.15, -0.1) is 0 Å². The molecule has 12 heteroatoms. The predicted molar refractivity (Wildman–Crippen MR) is 107 cm³/mol. The van der Waals surface area contributed by atoms with Gasteiger partial charge in [-0.1, -0.05) is 0 Å². The van der Waals surface area contributed by atoms with Gasteiger partial charge in [0.05, 0.1) is 4.90 Å². The van der Waals surface area contributed by atoms with Crippen LogP contribution in [0.4, 0.5) is 23.7 Å². The average Bonchev–Trinajstić information content (AvgIpc) is 2.65. The number of anilines is 1. The van der Waals surface area contributed by atoms with Gasteiger partial charge in [0, 0.05) is 24.7 Å². The molecule has 8 nitrogen and oxygen atoms in total. The van der Waals surface area contributed by atoms with E-state index in [1.165, 1.54) is 16.9 Å². The van der Waals surface area contributed by atoms with Crippen molar-refractivity contribution in [2.24, 2.45) is 5.92 Å². The number of carbonyl (C=O) groups excluding carboxylic acids is 2. The molecular weight excluding hydrogens is 439 g/mol. The quantitative estimate of drug-likeness (QED) is 0.695. The van der Waals surface area contributed by atoms with Gasteiger partial charge in [-0.2, -0.15) is 13.2 Å². The van der Waals surface area contributed by atoms with Crippen LogP contribution in [-0.2, 0) is 19.6 Å². The van der Waals surface area contributed by atoms with Gasteiger partial charge in [0.25, 0.3) is 0 Å². The Morgan fingerprint density at radius 3 is 2.13 bits per heavy atom. The van der Waals surface area contributed by atoms with Crippen molar-refractivity contribution in [3.63, 3.8) is 0 Å². The van der Waals surface area contributed by atoms with Crippen LogP contribution >= 0.6 is 0 Å². The zero-order valence-electron chi connectivity index (χ0n) is 17.5. The van der Waals surface area contributed by atoms with E-state index in [1.807, 2.05) is 0 Å². The molecule has 0 radical (unpaired) electrons. The Bertz CT molecular complexity index is 888. The zero-order chi connectivity index (χ0) is 23.4. The van der Waals surface area contributed by atoms with Gasteiger partial charge in [-0.3, -0.25) is 4.79 Å². The number of piperidine rings is 1. The minimum atomic E-state index is -4.67. The maximum Gasteiger partial charge on any atom is 0.410 e. The highest BCUT2D eigenvalue weighted by Crippen LogP contribution is 2.22. The second-order valence-electron chi connectivity index (χ2n) is 8.20. The van der Waals surface area contributed by atoms with Crippen LogP contribution in [0.1, 0.15) is 33.6 Å². The summed E-state index contributed by atoms with van der Waals surface area (Å²) in [4.78, 5) is 25.7. The van der Waals surface area contributed by atoms with Crippen LogP contribution in [0, 0.1) is 5.92 Å². The number of amides is 2. The van der Waals surface area contributed by atoms with Crippen molar-refractivity contribution < 1.29 is 35.9 Å². The molecule has 1 aliphatic rings. The number of benzene rings is 1. The highest BCUT2D eigenvalue weighted by atomic mass is 32.2. The number of halogens is 3. The first-order valence-corrected chi connectivity index (χ1v) is 11.1. The number of nitrogens with zero attached hydrogens (tertiary/aromatic N) is 1. The highest BCUT2D eigenvalue weighted by Gasteiger charge is 2.31. The Hall–Kier alpha value is -2.34. The SMILES string of the molecule is CC(C)(C)OC(=O)N1CCC(C(=O)Nc2ccc(S(=O)(=O)NCC(F)(F)F)cc2)CC1. The molecule has 1 heterocycles. The third-order valence-electron chi connectivity index (χ3n) is 4.41. The van der Waals surface area contributed by atoms with Crippen LogP contribution < -0.4 is 10.0 Å². The van der Waals surface area contributed by atoms with E-state index in [2.05, 4.69) is 5.32 Å². The summed E-state index contributed by atoms with van der Waals surface area (Å²) in [5, 5.41) is 2.66. The third-order valence-corrected chi connectivity index (χ3v) is 5.83. The van der Waals surface area contributed by atoms with E-state index < -0.39 is 34.4 Å². The number of likely N-dealkylation sites (tertiary alicyclic amines) is 1. The summed E-state index contributed by atoms with van der Waals surface area (Å²) in [6, 6.07) is 4.82. The molecule has 0 atom stereocenters. The van der Waals surface area contributed by atoms with Crippen LogP contribution in [0.5, 0.6) is 0 Å². The van der Waals surface area contributed by atoms with E-state index in [-0.39, 0.29) is 16.7 Å². The largest absolute Gasteiger partial charge is 0.444 e. The number of nitrogens with one attached hydrogen (secondary N) is 2. The molecule has 1 aliphatic heterocycles. The van der Waals surface area contributed by atoms with Crippen molar-refractivity contribution in [3.05, 3.63) is 24.3 Å². The highest BCUT2D eigenvalue weighted by molar-refractivity contribution is 7.89. The minimum Gasteiger partial charge on any atom is -0.444 e. The van der Waals surface area contributed by atoms with Crippen molar-refractivity contribution in [2.75, 3.05) is 25.0 Å². The van der Waals surface area contributed by atoms with E-state index in [1.54, 1.807) is 25.7 Å². The molecular formula is C19H26F3N3O5S. The molecule has 1 saturated heterocycles. The summed E-state index contributed by atoms with van der Waals surface area (Å²) in [6.45, 7) is 4.38. The number of rotatable bonds is 5. The standard InChI is InChI=1S/C19H26F3N3O5S/c1-18(2,3)30-17(27)25-10-8-13(9-11-25)16(26)24-14-4-6-15(7-5-14)31(28,29)23-12-19(20,21)22/h4-7,13,23H,8-12H2,1-3H3,(H,24,26). The first-order valence-electron chi connectivity index (χ1n) is 9.61. The number of ether oxygens (including phenoxy) is 1. The molecule has 1 aromatic carbocycles. The number of alkyl halides is 3. The van der Waals surface area contributed by atoms with E-state index in [0.717, 1.165) is 12.1 Å². The molecule has 2 N–H and O–H groups in total. The molecule has 0 bridgehead atoms. The summed E-state index contributed by atoms with van der Waals surface area (Å²) >= 11 is 0. The Kier molecular flexibility index (Phi) is 7.58. The van der Waals surface area contributed by atoms with Crippen LogP contribution in [0.15, 0.2) is 29.2 Å². The average molecular weight is 465 g/mol. The van der Waals surface area contributed by atoms with Gasteiger partial charge < -0.3 is 15.0 Å². The number of carbonyl (C=O) groups is 2. The Labute approximate surface area is 179 Å². The van der Waals surface area contributed by atoms with Gasteiger partial charge in [-0.05, 0) is 57.9 Å². The van der Waals surface area contributed by atoms with E-state index in [0.29, 0.717) is 31.6 Å². The monoisotopic (exact) mass is 465 g/mol. The Morgan fingerprint density at radius 2 is 1.65 bits per heavy atom. The lowest BCUT2D eigenvalue weighted by molar-refractivity contribution is -0.122. The molecule has 0 unspecified atom stereocenters. The molecule has 1 aromatic rings. The zero-order valence-corrected chi connectivity index (χ0v) is 18.3. The van der Waals surface area contributed by atoms with Gasteiger partial charge >= 0.3 is 12.3 Å². The van der Waals surface area contributed by atoms with Crippen LogP contribution in [-0.4, -0.2) is 56.7 Å². The molecule has 0 aromatic heterocycles. The lowest BCUT2D eigenvalue weighted by Gasteiger charge is -2.32. The van der Waals surface area contributed by atoms with Crippen LogP contribution in [0.25, 0.3) is 0 Å². The Balaban J connectivity index is 1.89. The summed E-state index contributed by atoms with van der Waals surface area (Å²) < 4.78 is 67.2. The summed E-state index contributed by atoms with van der Waals surface area (Å²) in [5.41, 5.74) is -0.290. The van der Waals surface area contributed by atoms with Crippen molar-refractivity contribution in [2.45, 2.75) is 50.3 Å². The van der Waals surface area contributed by atoms with Crippen LogP contribution in [0.3, 0.4) is 0 Å². The lowest BCUT2D eigenvalue weighted by Crippen LogP contribution is -2.43. The molecule has 0 saturated carbocycles. The van der Waals surface area contributed by atoms with Crippen molar-refractivity contribution in [1.29, 1.82) is 0 Å². The van der Waals surface area contributed by atoms with E-state index in [4.69, 9.17) is 4.74 Å². The van der Waals surface area contributed by atoms with Gasteiger partial charge in [-0.25, -0.2) is 17.9 Å². The molecule has 0 aliphatic carbocycles. The van der Waals surface area contributed by atoms with Gasteiger partial charge in [0.1, 0.15) is 12.1 Å². The maximum absolute atomic E-state index is 12.5. The fourth-order valence-electron chi connectivity index (χ4n) is 2.87.